The molecule has 2 heterocycles. The van der Waals surface area contributed by atoms with Gasteiger partial charge < -0.3 is 25.3 Å². The van der Waals surface area contributed by atoms with Crippen molar-refractivity contribution in [1.29, 1.82) is 0 Å². The third kappa shape index (κ3) is 8.84. The van der Waals surface area contributed by atoms with Crippen molar-refractivity contribution in [3.8, 4) is 0 Å². The molecule has 44 heavy (non-hydrogen) atoms. The van der Waals surface area contributed by atoms with Crippen LogP contribution in [0.5, 0.6) is 0 Å². The minimum atomic E-state index is 0.238. The number of rotatable bonds is 11. The van der Waals surface area contributed by atoms with Crippen LogP contribution in [-0.4, -0.2) is 55.6 Å². The summed E-state index contributed by atoms with van der Waals surface area (Å²) in [6.45, 7) is 28.8. The number of likely N-dealkylation sites (tertiary alicyclic amines) is 1. The predicted molar refractivity (Wildman–Crippen MR) is 190 cm³/mol. The first-order chi connectivity index (χ1) is 21.3. The third-order valence-electron chi connectivity index (χ3n) is 8.71. The molecule has 1 aliphatic carbocycles. The maximum atomic E-state index is 4.45. The van der Waals surface area contributed by atoms with Crippen molar-refractivity contribution >= 4 is 11.4 Å². The molecule has 0 radical (unpaired) electrons. The molecule has 2 aromatic rings. The summed E-state index contributed by atoms with van der Waals surface area (Å²) in [7, 11) is 0. The van der Waals surface area contributed by atoms with E-state index in [1.165, 1.54) is 46.7 Å². The summed E-state index contributed by atoms with van der Waals surface area (Å²) in [6, 6.07) is 17.3. The molecule has 5 heteroatoms. The van der Waals surface area contributed by atoms with E-state index >= 15 is 0 Å². The van der Waals surface area contributed by atoms with Gasteiger partial charge in [-0.1, -0.05) is 88.0 Å². The molecule has 0 saturated carbocycles. The van der Waals surface area contributed by atoms with Crippen LogP contribution in [0.15, 0.2) is 103 Å². The fourth-order valence-corrected chi connectivity index (χ4v) is 6.25. The van der Waals surface area contributed by atoms with Crippen molar-refractivity contribution in [2.24, 2.45) is 5.92 Å². The Morgan fingerprint density at radius 2 is 1.66 bits per heavy atom. The molecule has 2 aliphatic heterocycles. The highest BCUT2D eigenvalue weighted by molar-refractivity contribution is 5.64. The Kier molecular flexibility index (Phi) is 12.2. The van der Waals surface area contributed by atoms with Gasteiger partial charge >= 0.3 is 0 Å². The van der Waals surface area contributed by atoms with Crippen LogP contribution < -0.4 is 15.5 Å². The van der Waals surface area contributed by atoms with Crippen molar-refractivity contribution in [2.75, 3.05) is 50.7 Å². The van der Waals surface area contributed by atoms with Gasteiger partial charge in [0.1, 0.15) is 0 Å². The average molecular weight is 594 g/mol. The van der Waals surface area contributed by atoms with Crippen LogP contribution in [0.25, 0.3) is 5.70 Å². The minimum Gasteiger partial charge on any atom is -0.388 e. The van der Waals surface area contributed by atoms with E-state index < -0.39 is 0 Å². The first kappa shape index (κ1) is 33.0. The quantitative estimate of drug-likeness (QED) is 0.258. The Balaban J connectivity index is 0.00000141. The molecule has 0 bridgehead atoms. The summed E-state index contributed by atoms with van der Waals surface area (Å²) in [6.07, 6.45) is 10.3. The Hall–Kier alpha value is -3.86. The van der Waals surface area contributed by atoms with Gasteiger partial charge in [0.15, 0.2) is 0 Å². The average Bonchev–Trinajstić information content (AvgIpc) is 3.44. The van der Waals surface area contributed by atoms with Crippen LogP contribution >= 0.6 is 0 Å². The topological polar surface area (TPSA) is 33.8 Å². The molecular weight excluding hydrogens is 538 g/mol. The fraction of sp³-hybridized carbons (Fsp3) is 0.436. The SMILES string of the molecule is C=C(NC1=C(N2CCN(c3ccccc3C)CC2)C=CC(C(=C)NCCCN2CCCC2=C)C1)c1cccc(C)c1.CCC. The van der Waals surface area contributed by atoms with E-state index in [2.05, 4.69) is 133 Å². The van der Waals surface area contributed by atoms with Crippen LogP contribution in [0, 0.1) is 19.8 Å². The zero-order valence-corrected chi connectivity index (χ0v) is 27.8. The number of nitrogens with one attached hydrogen (secondary N) is 2. The van der Waals surface area contributed by atoms with Gasteiger partial charge in [-0.05, 0) is 62.4 Å². The molecule has 2 saturated heterocycles. The zero-order chi connectivity index (χ0) is 31.5. The number of benzene rings is 2. The molecule has 1 unspecified atom stereocenters. The van der Waals surface area contributed by atoms with E-state index in [4.69, 9.17) is 0 Å². The van der Waals surface area contributed by atoms with Gasteiger partial charge in [-0.2, -0.15) is 0 Å². The van der Waals surface area contributed by atoms with Gasteiger partial charge in [-0.3, -0.25) is 0 Å². The number of allylic oxidation sites excluding steroid dienone is 4. The second-order valence-corrected chi connectivity index (χ2v) is 12.4. The standard InChI is InChI=1S/C36H47N5.C3H8/c1-27-11-8-14-32(25-27)31(5)38-34-26-33(30(4)37-18-10-20-39-19-9-13-29(39)3)16-17-36(34)41-23-21-40(22-24-41)35-15-7-6-12-28(35)2;1-3-2/h6-8,11-12,14-17,25,33,37-38H,3-5,9-10,13,18-24,26H2,1-2H3;3H2,1-2H3. The highest BCUT2D eigenvalue weighted by Gasteiger charge is 2.26. The summed E-state index contributed by atoms with van der Waals surface area (Å²) in [5.41, 5.74) is 10.9. The smallest absolute Gasteiger partial charge is 0.0561 e. The summed E-state index contributed by atoms with van der Waals surface area (Å²) in [4.78, 5) is 7.48. The summed E-state index contributed by atoms with van der Waals surface area (Å²) in [5, 5.41) is 7.38. The second kappa shape index (κ2) is 16.3. The number of nitrogens with zero attached hydrogens (tertiary/aromatic N) is 3. The molecular formula is C39H55N5. The molecule has 3 aliphatic rings. The Labute approximate surface area is 267 Å². The second-order valence-electron chi connectivity index (χ2n) is 12.4. The van der Waals surface area contributed by atoms with Crippen LogP contribution in [0.3, 0.4) is 0 Å². The van der Waals surface area contributed by atoms with Gasteiger partial charge in [-0.15, -0.1) is 0 Å². The molecule has 2 fully saturated rings. The van der Waals surface area contributed by atoms with E-state index in [0.29, 0.717) is 0 Å². The van der Waals surface area contributed by atoms with Crippen LogP contribution in [0.4, 0.5) is 5.69 Å². The number of hydrogen-bond acceptors (Lipinski definition) is 5. The highest BCUT2D eigenvalue weighted by Crippen LogP contribution is 2.31. The zero-order valence-electron chi connectivity index (χ0n) is 27.8. The maximum absolute atomic E-state index is 4.45. The van der Waals surface area contributed by atoms with Crippen molar-refractivity contribution < 1.29 is 0 Å². The third-order valence-corrected chi connectivity index (χ3v) is 8.71. The van der Waals surface area contributed by atoms with Crippen LogP contribution in [0.1, 0.15) is 62.6 Å². The molecule has 1 atom stereocenters. The Morgan fingerprint density at radius 3 is 2.34 bits per heavy atom. The monoisotopic (exact) mass is 593 g/mol. The first-order valence-corrected chi connectivity index (χ1v) is 16.7. The van der Waals surface area contributed by atoms with Crippen LogP contribution in [0.2, 0.25) is 0 Å². The molecule has 0 amide bonds. The van der Waals surface area contributed by atoms with Gasteiger partial charge in [0.25, 0.3) is 0 Å². The largest absolute Gasteiger partial charge is 0.388 e. The van der Waals surface area contributed by atoms with E-state index in [9.17, 15) is 0 Å². The lowest BCUT2D eigenvalue weighted by Crippen LogP contribution is -2.47. The van der Waals surface area contributed by atoms with E-state index in [1.54, 1.807) is 0 Å². The van der Waals surface area contributed by atoms with Crippen molar-refractivity contribution in [1.82, 2.24) is 20.4 Å². The summed E-state index contributed by atoms with van der Waals surface area (Å²) in [5.74, 6) is 0.238. The number of para-hydroxylation sites is 1. The number of piperazine rings is 1. The fourth-order valence-electron chi connectivity index (χ4n) is 6.25. The number of hydrogen-bond donors (Lipinski definition) is 2. The van der Waals surface area contributed by atoms with Gasteiger partial charge in [0.05, 0.1) is 5.70 Å². The summed E-state index contributed by atoms with van der Waals surface area (Å²) >= 11 is 0. The molecule has 2 aromatic carbocycles. The molecule has 5 rings (SSSR count). The van der Waals surface area contributed by atoms with Gasteiger partial charge in [0.2, 0.25) is 0 Å². The molecule has 5 nitrogen and oxygen atoms in total. The lowest BCUT2D eigenvalue weighted by molar-refractivity contribution is 0.322. The van der Waals surface area contributed by atoms with Crippen molar-refractivity contribution in [3.63, 3.8) is 0 Å². The van der Waals surface area contributed by atoms with E-state index in [1.807, 2.05) is 0 Å². The predicted octanol–water partition coefficient (Wildman–Crippen LogP) is 7.99. The molecule has 0 spiro atoms. The Bertz CT molecular complexity index is 1340. The maximum Gasteiger partial charge on any atom is 0.0561 e. The van der Waals surface area contributed by atoms with E-state index in [-0.39, 0.29) is 5.92 Å². The van der Waals surface area contributed by atoms with Crippen molar-refractivity contribution in [3.05, 3.63) is 120 Å². The minimum absolute atomic E-state index is 0.238. The normalized spacial score (nSPS) is 18.2. The number of aryl methyl sites for hydroxylation is 2. The van der Waals surface area contributed by atoms with Gasteiger partial charge in [-0.25, -0.2) is 0 Å². The lowest BCUT2D eigenvalue weighted by Gasteiger charge is -2.40. The molecule has 0 aromatic heterocycles. The summed E-state index contributed by atoms with van der Waals surface area (Å²) < 4.78 is 0. The Morgan fingerprint density at radius 1 is 0.932 bits per heavy atom. The highest BCUT2D eigenvalue weighted by atomic mass is 15.3. The number of anilines is 1. The van der Waals surface area contributed by atoms with Gasteiger partial charge in [0, 0.05) is 86.6 Å². The molecule has 2 N–H and O–H groups in total. The molecule has 236 valence electrons. The first-order valence-electron chi connectivity index (χ1n) is 16.7. The van der Waals surface area contributed by atoms with Crippen LogP contribution in [-0.2, 0) is 0 Å². The van der Waals surface area contributed by atoms with E-state index in [0.717, 1.165) is 82.0 Å². The lowest BCUT2D eigenvalue weighted by atomic mass is 9.92. The van der Waals surface area contributed by atoms with Crippen molar-refractivity contribution in [2.45, 2.75) is 59.8 Å².